The Hall–Kier alpha value is -1.06. The average Bonchev–Trinajstić information content (AvgIpc) is 1.81. The van der Waals surface area contributed by atoms with Crippen molar-refractivity contribution >= 4 is 11.8 Å². The number of hydrogen-bond donors (Lipinski definition) is 1. The summed E-state index contributed by atoms with van der Waals surface area (Å²) in [6.07, 6.45) is 1.08. The zero-order valence-corrected chi connectivity index (χ0v) is 7.46. The highest BCUT2D eigenvalue weighted by atomic mass is 16.2. The van der Waals surface area contributed by atoms with Crippen molar-refractivity contribution in [1.82, 2.24) is 10.2 Å². The van der Waals surface area contributed by atoms with E-state index in [1.54, 1.807) is 11.8 Å². The molecule has 0 unspecified atom stereocenters. The van der Waals surface area contributed by atoms with E-state index < -0.39 is 0 Å². The maximum atomic E-state index is 11.4. The first-order chi connectivity index (χ1) is 5.61. The highest BCUT2D eigenvalue weighted by Crippen LogP contribution is 2.07. The van der Waals surface area contributed by atoms with E-state index in [0.717, 1.165) is 19.5 Å². The quantitative estimate of drug-likeness (QED) is 0.621. The fourth-order valence-electron chi connectivity index (χ4n) is 1.18. The maximum Gasteiger partial charge on any atom is 0.244 e. The Morgan fingerprint density at radius 1 is 1.42 bits per heavy atom. The summed E-state index contributed by atoms with van der Waals surface area (Å²) in [5, 5.41) is 2.56. The number of rotatable bonds is 2. The third-order valence-corrected chi connectivity index (χ3v) is 1.96. The van der Waals surface area contributed by atoms with E-state index >= 15 is 0 Å². The zero-order chi connectivity index (χ0) is 9.14. The van der Waals surface area contributed by atoms with Crippen molar-refractivity contribution in [2.45, 2.75) is 26.3 Å². The zero-order valence-electron chi connectivity index (χ0n) is 7.46. The lowest BCUT2D eigenvalue weighted by molar-refractivity contribution is -0.138. The molecule has 12 heavy (non-hydrogen) atoms. The number of amides is 2. The predicted molar refractivity (Wildman–Crippen MR) is 44.5 cm³/mol. The minimum Gasteiger partial charge on any atom is -0.345 e. The first kappa shape index (κ1) is 9.03. The Morgan fingerprint density at radius 3 is 2.33 bits per heavy atom. The fraction of sp³-hybridized carbons (Fsp3) is 0.750. The third kappa shape index (κ3) is 1.96. The summed E-state index contributed by atoms with van der Waals surface area (Å²) >= 11 is 0. The topological polar surface area (TPSA) is 49.4 Å². The molecule has 1 N–H and O–H groups in total. The SMILES string of the molecule is CC(=O)N[C@@H](C)C(=O)N1CCC1. The van der Waals surface area contributed by atoms with Crippen molar-refractivity contribution in [2.24, 2.45) is 0 Å². The smallest absolute Gasteiger partial charge is 0.244 e. The van der Waals surface area contributed by atoms with Gasteiger partial charge in [0.1, 0.15) is 6.04 Å². The summed E-state index contributed by atoms with van der Waals surface area (Å²) in [4.78, 5) is 23.7. The van der Waals surface area contributed by atoms with Gasteiger partial charge in [0.2, 0.25) is 11.8 Å². The molecule has 1 aliphatic rings. The summed E-state index contributed by atoms with van der Waals surface area (Å²) in [5.41, 5.74) is 0. The van der Waals surface area contributed by atoms with Crippen LogP contribution in [0.25, 0.3) is 0 Å². The summed E-state index contributed by atoms with van der Waals surface area (Å²) < 4.78 is 0. The monoisotopic (exact) mass is 170 g/mol. The second-order valence-corrected chi connectivity index (χ2v) is 3.10. The number of hydrogen-bond acceptors (Lipinski definition) is 2. The molecular weight excluding hydrogens is 156 g/mol. The second-order valence-electron chi connectivity index (χ2n) is 3.10. The van der Waals surface area contributed by atoms with E-state index in [0.29, 0.717) is 0 Å². The lowest BCUT2D eigenvalue weighted by atomic mass is 10.2. The first-order valence-corrected chi connectivity index (χ1v) is 4.17. The van der Waals surface area contributed by atoms with Gasteiger partial charge >= 0.3 is 0 Å². The molecule has 0 aromatic carbocycles. The highest BCUT2D eigenvalue weighted by molar-refractivity contribution is 5.86. The molecule has 1 saturated heterocycles. The van der Waals surface area contributed by atoms with Crippen LogP contribution in [0.15, 0.2) is 0 Å². The molecule has 4 heteroatoms. The van der Waals surface area contributed by atoms with E-state index in [1.165, 1.54) is 6.92 Å². The molecule has 1 aliphatic heterocycles. The minimum atomic E-state index is -0.372. The van der Waals surface area contributed by atoms with Crippen LogP contribution in [0, 0.1) is 0 Å². The Bertz CT molecular complexity index is 199. The van der Waals surface area contributed by atoms with E-state index in [-0.39, 0.29) is 17.9 Å². The van der Waals surface area contributed by atoms with Gasteiger partial charge in [-0.1, -0.05) is 0 Å². The molecule has 1 heterocycles. The average molecular weight is 170 g/mol. The van der Waals surface area contributed by atoms with Gasteiger partial charge < -0.3 is 10.2 Å². The van der Waals surface area contributed by atoms with Crippen LogP contribution < -0.4 is 5.32 Å². The molecule has 0 saturated carbocycles. The van der Waals surface area contributed by atoms with Crippen LogP contribution in [-0.4, -0.2) is 35.8 Å². The molecule has 0 aromatic rings. The van der Waals surface area contributed by atoms with Crippen LogP contribution in [-0.2, 0) is 9.59 Å². The maximum absolute atomic E-state index is 11.4. The number of nitrogens with one attached hydrogen (secondary N) is 1. The molecule has 0 spiro atoms. The van der Waals surface area contributed by atoms with Gasteiger partial charge in [0.05, 0.1) is 0 Å². The molecule has 2 amide bonds. The van der Waals surface area contributed by atoms with Crippen molar-refractivity contribution in [3.05, 3.63) is 0 Å². The third-order valence-electron chi connectivity index (χ3n) is 1.96. The minimum absolute atomic E-state index is 0.0245. The van der Waals surface area contributed by atoms with Crippen molar-refractivity contribution in [1.29, 1.82) is 0 Å². The molecule has 1 atom stereocenters. The molecule has 0 radical (unpaired) electrons. The summed E-state index contributed by atoms with van der Waals surface area (Å²) in [6.45, 7) is 4.80. The number of carbonyl (C=O) groups excluding carboxylic acids is 2. The molecular formula is C8H14N2O2. The van der Waals surface area contributed by atoms with Gasteiger partial charge in [0.15, 0.2) is 0 Å². The normalized spacial score (nSPS) is 18.0. The Balaban J connectivity index is 2.34. The van der Waals surface area contributed by atoms with Gasteiger partial charge in [-0.15, -0.1) is 0 Å². The molecule has 0 aromatic heterocycles. The van der Waals surface area contributed by atoms with Crippen LogP contribution in [0.4, 0.5) is 0 Å². The fourth-order valence-corrected chi connectivity index (χ4v) is 1.18. The Labute approximate surface area is 71.9 Å². The van der Waals surface area contributed by atoms with E-state index in [1.807, 2.05) is 0 Å². The van der Waals surface area contributed by atoms with Gasteiger partial charge in [-0.2, -0.15) is 0 Å². The molecule has 68 valence electrons. The number of likely N-dealkylation sites (tertiary alicyclic amines) is 1. The van der Waals surface area contributed by atoms with Gasteiger partial charge in [-0.3, -0.25) is 9.59 Å². The second kappa shape index (κ2) is 3.56. The van der Waals surface area contributed by atoms with Gasteiger partial charge in [0.25, 0.3) is 0 Å². The van der Waals surface area contributed by atoms with Crippen LogP contribution in [0.5, 0.6) is 0 Å². The van der Waals surface area contributed by atoms with Crippen molar-refractivity contribution in [3.8, 4) is 0 Å². The van der Waals surface area contributed by atoms with Gasteiger partial charge in [0, 0.05) is 20.0 Å². The van der Waals surface area contributed by atoms with Crippen molar-refractivity contribution in [2.75, 3.05) is 13.1 Å². The number of nitrogens with zero attached hydrogens (tertiary/aromatic N) is 1. The van der Waals surface area contributed by atoms with E-state index in [9.17, 15) is 9.59 Å². The van der Waals surface area contributed by atoms with E-state index in [2.05, 4.69) is 5.32 Å². The molecule has 1 rings (SSSR count). The highest BCUT2D eigenvalue weighted by Gasteiger charge is 2.24. The lowest BCUT2D eigenvalue weighted by Gasteiger charge is -2.33. The molecule has 4 nitrogen and oxygen atoms in total. The van der Waals surface area contributed by atoms with Crippen molar-refractivity contribution in [3.63, 3.8) is 0 Å². The predicted octanol–water partition coefficient (Wildman–Crippen LogP) is -0.257. The number of carbonyl (C=O) groups is 2. The van der Waals surface area contributed by atoms with Gasteiger partial charge in [-0.05, 0) is 13.3 Å². The first-order valence-electron chi connectivity index (χ1n) is 4.17. The van der Waals surface area contributed by atoms with Crippen molar-refractivity contribution < 1.29 is 9.59 Å². The summed E-state index contributed by atoms with van der Waals surface area (Å²) in [5.74, 6) is -0.132. The largest absolute Gasteiger partial charge is 0.345 e. The molecule has 0 aliphatic carbocycles. The van der Waals surface area contributed by atoms with E-state index in [4.69, 9.17) is 0 Å². The summed E-state index contributed by atoms with van der Waals surface area (Å²) in [7, 11) is 0. The van der Waals surface area contributed by atoms with Crippen LogP contribution >= 0.6 is 0 Å². The van der Waals surface area contributed by atoms with Crippen LogP contribution in [0.1, 0.15) is 20.3 Å². The Morgan fingerprint density at radius 2 is 2.00 bits per heavy atom. The van der Waals surface area contributed by atoms with Gasteiger partial charge in [-0.25, -0.2) is 0 Å². The molecule has 1 fully saturated rings. The van der Waals surface area contributed by atoms with Crippen LogP contribution in [0.3, 0.4) is 0 Å². The summed E-state index contributed by atoms with van der Waals surface area (Å²) in [6, 6.07) is -0.372. The standard InChI is InChI=1S/C8H14N2O2/c1-6(9-7(2)11)8(12)10-4-3-5-10/h6H,3-5H2,1-2H3,(H,9,11)/t6-/m0/s1. The molecule has 0 bridgehead atoms. The Kier molecular flexibility index (Phi) is 2.68. The van der Waals surface area contributed by atoms with Crippen LogP contribution in [0.2, 0.25) is 0 Å². The lowest BCUT2D eigenvalue weighted by Crippen LogP contribution is -2.51.